The number of piperidine rings is 1. The molecule has 1 aliphatic heterocycles. The fourth-order valence-corrected chi connectivity index (χ4v) is 2.00. The van der Waals surface area contributed by atoms with Crippen LogP contribution in [0.1, 0.15) is 41.0 Å². The van der Waals surface area contributed by atoms with Gasteiger partial charge in [-0.25, -0.2) is 0 Å². The van der Waals surface area contributed by atoms with E-state index in [2.05, 4.69) is 0 Å². The largest absolute Gasteiger partial charge is 0.462 e. The Balaban J connectivity index is 2.90. The maximum Gasteiger partial charge on any atom is 0.302 e. The van der Waals surface area contributed by atoms with Gasteiger partial charge >= 0.3 is 5.97 Å². The van der Waals surface area contributed by atoms with Crippen LogP contribution in [-0.4, -0.2) is 29.2 Å². The predicted molar refractivity (Wildman–Crippen MR) is 55.4 cm³/mol. The van der Waals surface area contributed by atoms with Crippen molar-refractivity contribution in [1.82, 2.24) is 5.06 Å². The lowest BCUT2D eigenvalue weighted by Gasteiger charge is -2.52. The van der Waals surface area contributed by atoms with Gasteiger partial charge in [-0.3, -0.25) is 4.79 Å². The first-order valence-electron chi connectivity index (χ1n) is 5.31. The van der Waals surface area contributed by atoms with Gasteiger partial charge in [0, 0.05) is 25.3 Å². The van der Waals surface area contributed by atoms with Crippen LogP contribution in [0, 0.1) is 5.41 Å². The summed E-state index contributed by atoms with van der Waals surface area (Å²) >= 11 is 0. The number of hydrogen-bond donors (Lipinski definition) is 0. The zero-order valence-electron chi connectivity index (χ0n) is 10.2. The van der Waals surface area contributed by atoms with E-state index in [1.54, 1.807) is 0 Å². The summed E-state index contributed by atoms with van der Waals surface area (Å²) in [5, 5.41) is 12.8. The van der Waals surface area contributed by atoms with Gasteiger partial charge in [-0.1, -0.05) is 13.8 Å². The van der Waals surface area contributed by atoms with Gasteiger partial charge in [-0.2, -0.15) is 0 Å². The minimum Gasteiger partial charge on any atom is -0.462 e. The van der Waals surface area contributed by atoms with Crippen molar-refractivity contribution in [3.05, 3.63) is 0 Å². The third kappa shape index (κ3) is 2.01. The number of ether oxygens (including phenoxy) is 1. The normalized spacial score (nSPS) is 29.9. The number of hydrogen-bond acceptors (Lipinski definition) is 3. The standard InChI is InChI=1S/C11H20NO3/c1-8(13)15-9-6-7-12(14)11(4,5)10(9,2)3/h9H,6-7H2,1-5H3. The molecule has 0 aromatic carbocycles. The Morgan fingerprint density at radius 2 is 1.87 bits per heavy atom. The quantitative estimate of drug-likeness (QED) is 0.625. The van der Waals surface area contributed by atoms with Gasteiger partial charge in [0.25, 0.3) is 0 Å². The lowest BCUT2D eigenvalue weighted by Crippen LogP contribution is -2.62. The summed E-state index contributed by atoms with van der Waals surface area (Å²) in [4.78, 5) is 11.0. The highest BCUT2D eigenvalue weighted by Crippen LogP contribution is 2.44. The molecule has 0 bridgehead atoms. The van der Waals surface area contributed by atoms with Gasteiger partial charge in [0.2, 0.25) is 0 Å². The molecule has 1 unspecified atom stereocenters. The summed E-state index contributed by atoms with van der Waals surface area (Å²) in [7, 11) is 0. The van der Waals surface area contributed by atoms with E-state index in [0.717, 1.165) is 5.06 Å². The van der Waals surface area contributed by atoms with Gasteiger partial charge in [0.05, 0.1) is 5.54 Å². The van der Waals surface area contributed by atoms with Crippen molar-refractivity contribution < 1.29 is 14.7 Å². The summed E-state index contributed by atoms with van der Waals surface area (Å²) in [6, 6.07) is 0. The van der Waals surface area contributed by atoms with Crippen LogP contribution in [0.2, 0.25) is 0 Å². The lowest BCUT2D eigenvalue weighted by atomic mass is 9.67. The van der Waals surface area contributed by atoms with Crippen molar-refractivity contribution in [1.29, 1.82) is 0 Å². The maximum atomic E-state index is 11.7. The average molecular weight is 214 g/mol. The van der Waals surface area contributed by atoms with Crippen LogP contribution in [-0.2, 0) is 14.7 Å². The molecule has 0 amide bonds. The summed E-state index contributed by atoms with van der Waals surface area (Å²) in [5.41, 5.74) is -0.843. The molecular weight excluding hydrogens is 194 g/mol. The Labute approximate surface area is 91.2 Å². The van der Waals surface area contributed by atoms with Crippen molar-refractivity contribution in [2.24, 2.45) is 5.41 Å². The third-order valence-electron chi connectivity index (χ3n) is 3.91. The van der Waals surface area contributed by atoms with E-state index >= 15 is 0 Å². The van der Waals surface area contributed by atoms with E-state index in [1.165, 1.54) is 6.92 Å². The molecule has 4 heteroatoms. The van der Waals surface area contributed by atoms with Gasteiger partial charge in [-0.05, 0) is 13.8 Å². The highest BCUT2D eigenvalue weighted by atomic mass is 16.5. The fraction of sp³-hybridized carbons (Fsp3) is 0.909. The van der Waals surface area contributed by atoms with Gasteiger partial charge in [0.1, 0.15) is 6.10 Å². The van der Waals surface area contributed by atoms with Crippen LogP contribution >= 0.6 is 0 Å². The van der Waals surface area contributed by atoms with Crippen LogP contribution in [0.25, 0.3) is 0 Å². The molecule has 0 spiro atoms. The Morgan fingerprint density at radius 3 is 2.33 bits per heavy atom. The second-order valence-electron chi connectivity index (χ2n) is 5.27. The van der Waals surface area contributed by atoms with Crippen LogP contribution in [0.3, 0.4) is 0 Å². The Bertz CT molecular complexity index is 261. The van der Waals surface area contributed by atoms with E-state index in [4.69, 9.17) is 4.74 Å². The Kier molecular flexibility index (Phi) is 3.12. The monoisotopic (exact) mass is 214 g/mol. The van der Waals surface area contributed by atoms with Crippen LogP contribution in [0.5, 0.6) is 0 Å². The number of esters is 1. The van der Waals surface area contributed by atoms with Gasteiger partial charge < -0.3 is 4.74 Å². The second-order valence-corrected chi connectivity index (χ2v) is 5.27. The molecular formula is C11H20NO3. The minimum atomic E-state index is -0.509. The van der Waals surface area contributed by atoms with Crippen LogP contribution < -0.4 is 0 Å². The van der Waals surface area contributed by atoms with Gasteiger partial charge in [0.15, 0.2) is 0 Å². The van der Waals surface area contributed by atoms with Crippen molar-refractivity contribution >= 4 is 5.97 Å². The number of carbonyl (C=O) groups excluding carboxylic acids is 1. The zero-order valence-corrected chi connectivity index (χ0v) is 10.2. The molecule has 1 fully saturated rings. The van der Waals surface area contributed by atoms with E-state index in [-0.39, 0.29) is 17.5 Å². The minimum absolute atomic E-state index is 0.171. The van der Waals surface area contributed by atoms with Crippen molar-refractivity contribution in [2.45, 2.75) is 52.7 Å². The van der Waals surface area contributed by atoms with E-state index < -0.39 is 5.54 Å². The molecule has 0 N–H and O–H groups in total. The van der Waals surface area contributed by atoms with Crippen LogP contribution in [0.4, 0.5) is 0 Å². The summed E-state index contributed by atoms with van der Waals surface area (Å²) in [5.74, 6) is -0.275. The third-order valence-corrected chi connectivity index (χ3v) is 3.91. The highest BCUT2D eigenvalue weighted by molar-refractivity contribution is 5.66. The number of hydroxylamine groups is 2. The molecule has 1 saturated heterocycles. The Hall–Kier alpha value is -0.610. The summed E-state index contributed by atoms with van der Waals surface area (Å²) in [6.07, 6.45) is 0.440. The zero-order chi connectivity index (χ0) is 11.9. The molecule has 0 aromatic rings. The van der Waals surface area contributed by atoms with E-state index in [9.17, 15) is 10.0 Å². The lowest BCUT2D eigenvalue weighted by molar-refractivity contribution is -0.284. The number of nitrogens with zero attached hydrogens (tertiary/aromatic N) is 1. The number of rotatable bonds is 1. The maximum absolute atomic E-state index is 11.7. The average Bonchev–Trinajstić information content (AvgIpc) is 2.08. The molecule has 1 heterocycles. The fourth-order valence-electron chi connectivity index (χ4n) is 2.00. The molecule has 1 aliphatic rings. The predicted octanol–water partition coefficient (Wildman–Crippen LogP) is 1.77. The molecule has 87 valence electrons. The molecule has 0 aliphatic carbocycles. The van der Waals surface area contributed by atoms with Crippen molar-refractivity contribution in [3.63, 3.8) is 0 Å². The van der Waals surface area contributed by atoms with Gasteiger partial charge in [-0.15, -0.1) is 10.3 Å². The molecule has 1 radical (unpaired) electrons. The summed E-state index contributed by atoms with van der Waals surface area (Å²) in [6.45, 7) is 9.58. The highest BCUT2D eigenvalue weighted by Gasteiger charge is 2.52. The molecule has 1 atom stereocenters. The number of carbonyl (C=O) groups is 1. The molecule has 0 saturated carbocycles. The molecule has 1 rings (SSSR count). The topological polar surface area (TPSA) is 49.4 Å². The first-order valence-corrected chi connectivity index (χ1v) is 5.31. The SMILES string of the molecule is CC(=O)OC1CCN([O])C(C)(C)C1(C)C. The van der Waals surface area contributed by atoms with E-state index in [1.807, 2.05) is 27.7 Å². The smallest absolute Gasteiger partial charge is 0.302 e. The second kappa shape index (κ2) is 3.76. The van der Waals surface area contributed by atoms with Crippen molar-refractivity contribution in [3.8, 4) is 0 Å². The van der Waals surface area contributed by atoms with Crippen LogP contribution in [0.15, 0.2) is 0 Å². The first-order chi connectivity index (χ1) is 6.69. The first kappa shape index (κ1) is 12.5. The molecule has 4 nitrogen and oxygen atoms in total. The van der Waals surface area contributed by atoms with Crippen molar-refractivity contribution in [2.75, 3.05) is 6.54 Å². The summed E-state index contributed by atoms with van der Waals surface area (Å²) < 4.78 is 5.29. The molecule has 0 aromatic heterocycles. The Morgan fingerprint density at radius 1 is 1.33 bits per heavy atom. The molecule has 15 heavy (non-hydrogen) atoms. The van der Waals surface area contributed by atoms with E-state index in [0.29, 0.717) is 13.0 Å².